The van der Waals surface area contributed by atoms with Crippen LogP contribution in [0.1, 0.15) is 47.6 Å². The van der Waals surface area contributed by atoms with Gasteiger partial charge in [-0.3, -0.25) is 4.79 Å². The van der Waals surface area contributed by atoms with Gasteiger partial charge >= 0.3 is 0 Å². The van der Waals surface area contributed by atoms with Crippen LogP contribution in [-0.2, 0) is 22.5 Å². The lowest BCUT2D eigenvalue weighted by Gasteiger charge is -2.32. The normalized spacial score (nSPS) is 19.8. The molecule has 206 valence electrons. The molecule has 2 atom stereocenters. The molecule has 0 bridgehead atoms. The Labute approximate surface area is 241 Å². The molecule has 1 fully saturated rings. The van der Waals surface area contributed by atoms with Crippen LogP contribution in [-0.4, -0.2) is 41.7 Å². The molecule has 0 radical (unpaired) electrons. The molecule has 10 heteroatoms. The van der Waals surface area contributed by atoms with E-state index in [-0.39, 0.29) is 25.1 Å². The molecule has 0 spiro atoms. The van der Waals surface area contributed by atoms with E-state index in [9.17, 15) is 4.79 Å². The summed E-state index contributed by atoms with van der Waals surface area (Å²) in [7, 11) is 0. The average Bonchev–Trinajstić information content (AvgIpc) is 3.71. The van der Waals surface area contributed by atoms with Gasteiger partial charge in [0.15, 0.2) is 11.6 Å². The number of azide groups is 1. The number of benzene rings is 3. The maximum atomic E-state index is 14.2. The monoisotopic (exact) mass is 603 g/mol. The second kappa shape index (κ2) is 12.6. The van der Waals surface area contributed by atoms with Gasteiger partial charge in [-0.1, -0.05) is 63.5 Å². The first-order valence-corrected chi connectivity index (χ1v) is 14.1. The maximum absolute atomic E-state index is 14.2. The number of carbonyl (C=O) groups is 1. The number of rotatable bonds is 12. The topological polar surface area (TPSA) is 129 Å². The highest BCUT2D eigenvalue weighted by molar-refractivity contribution is 9.10. The minimum atomic E-state index is -1.31. The molecular formula is C30H30BrN5O4. The molecule has 5 rings (SSSR count). The van der Waals surface area contributed by atoms with Crippen molar-refractivity contribution in [1.82, 2.24) is 5.32 Å². The number of nitrogens with zero attached hydrogens (tertiary/aromatic N) is 4. The average molecular weight is 605 g/mol. The van der Waals surface area contributed by atoms with Crippen molar-refractivity contribution in [1.29, 1.82) is 0 Å². The Bertz CT molecular complexity index is 1440. The molecule has 2 N–H and O–H groups in total. The summed E-state index contributed by atoms with van der Waals surface area (Å²) in [5, 5.41) is 16.0. The van der Waals surface area contributed by atoms with E-state index in [1.165, 1.54) is 0 Å². The Kier molecular flexibility index (Phi) is 8.69. The molecule has 1 aliphatic carbocycles. The minimum Gasteiger partial charge on any atom is -0.494 e. The smallest absolute Gasteiger partial charge is 0.252 e. The minimum absolute atomic E-state index is 0.0633. The van der Waals surface area contributed by atoms with E-state index >= 15 is 0 Å². The van der Waals surface area contributed by atoms with Gasteiger partial charge in [0, 0.05) is 40.4 Å². The Morgan fingerprint density at radius 1 is 1.12 bits per heavy atom. The van der Waals surface area contributed by atoms with Crippen LogP contribution in [0.15, 0.2) is 87.4 Å². The molecule has 3 aromatic rings. The van der Waals surface area contributed by atoms with Gasteiger partial charge in [-0.2, -0.15) is 0 Å². The van der Waals surface area contributed by atoms with Gasteiger partial charge in [0.05, 0.1) is 13.2 Å². The van der Waals surface area contributed by atoms with Gasteiger partial charge in [0.2, 0.25) is 5.90 Å². The zero-order valence-corrected chi connectivity index (χ0v) is 23.5. The molecule has 9 nitrogen and oxygen atoms in total. The zero-order chi connectivity index (χ0) is 28.0. The van der Waals surface area contributed by atoms with Crippen molar-refractivity contribution in [2.24, 2.45) is 10.1 Å². The standard InChI is InChI=1S/C30H30BrN5O4/c31-26-9-4-2-6-21(26)18-30(29(38)34-23-12-13-23)27(25-8-3-1-7-22(25)19-33-36-32)40-28(35-30)20-10-14-24(15-11-20)39-17-5-16-37/h1-4,6-11,14-15,23,27,37H,5,12-13,16-19H2,(H,34,38)/t27-,30-/m1/s1. The summed E-state index contributed by atoms with van der Waals surface area (Å²) in [5.41, 5.74) is 10.8. The van der Waals surface area contributed by atoms with Crippen LogP contribution in [0.5, 0.6) is 5.75 Å². The van der Waals surface area contributed by atoms with Crippen LogP contribution >= 0.6 is 15.9 Å². The van der Waals surface area contributed by atoms with Crippen LogP contribution in [0, 0.1) is 0 Å². The fraction of sp³-hybridized carbons (Fsp3) is 0.333. The highest BCUT2D eigenvalue weighted by atomic mass is 79.9. The van der Waals surface area contributed by atoms with E-state index in [2.05, 4.69) is 31.3 Å². The first-order chi connectivity index (χ1) is 19.5. The van der Waals surface area contributed by atoms with E-state index in [1.807, 2.05) is 72.8 Å². The Morgan fingerprint density at radius 3 is 2.55 bits per heavy atom. The number of hydrogen-bond donors (Lipinski definition) is 2. The van der Waals surface area contributed by atoms with Crippen LogP contribution in [0.3, 0.4) is 0 Å². The third-order valence-corrected chi connectivity index (χ3v) is 7.78. The van der Waals surface area contributed by atoms with Gasteiger partial charge in [0.1, 0.15) is 5.75 Å². The predicted octanol–water partition coefficient (Wildman–Crippen LogP) is 5.80. The number of aliphatic imine (C=N–C) groups is 1. The lowest BCUT2D eigenvalue weighted by molar-refractivity contribution is -0.129. The number of amides is 1. The second-order valence-electron chi connectivity index (χ2n) is 9.89. The van der Waals surface area contributed by atoms with Gasteiger partial charge in [0.25, 0.3) is 5.91 Å². The Hall–Kier alpha value is -3.85. The summed E-state index contributed by atoms with van der Waals surface area (Å²) < 4.78 is 13.2. The number of aliphatic hydroxyl groups excluding tert-OH is 1. The van der Waals surface area contributed by atoms with Crippen molar-refractivity contribution in [3.05, 3.63) is 110 Å². The van der Waals surface area contributed by atoms with E-state index in [1.54, 1.807) is 0 Å². The number of aliphatic hydroxyl groups is 1. The molecule has 3 aromatic carbocycles. The Morgan fingerprint density at radius 2 is 1.85 bits per heavy atom. The second-order valence-corrected chi connectivity index (χ2v) is 10.7. The quantitative estimate of drug-likeness (QED) is 0.117. The van der Waals surface area contributed by atoms with E-state index < -0.39 is 11.6 Å². The number of carbonyl (C=O) groups excluding carboxylic acids is 1. The highest BCUT2D eigenvalue weighted by Gasteiger charge is 2.54. The van der Waals surface area contributed by atoms with E-state index in [4.69, 9.17) is 25.1 Å². The number of ether oxygens (including phenoxy) is 2. The van der Waals surface area contributed by atoms with Crippen molar-refractivity contribution in [3.63, 3.8) is 0 Å². The molecule has 0 saturated heterocycles. The highest BCUT2D eigenvalue weighted by Crippen LogP contribution is 2.45. The van der Waals surface area contributed by atoms with Crippen molar-refractivity contribution < 1.29 is 19.4 Å². The van der Waals surface area contributed by atoms with E-state index in [0.717, 1.165) is 34.0 Å². The molecule has 0 aromatic heterocycles. The van der Waals surface area contributed by atoms with Gasteiger partial charge in [-0.25, -0.2) is 4.99 Å². The zero-order valence-electron chi connectivity index (χ0n) is 21.9. The molecule has 0 unspecified atom stereocenters. The largest absolute Gasteiger partial charge is 0.494 e. The number of hydrogen-bond acceptors (Lipinski definition) is 6. The summed E-state index contributed by atoms with van der Waals surface area (Å²) in [5.74, 6) is 0.815. The van der Waals surface area contributed by atoms with Gasteiger partial charge in [-0.15, -0.1) is 0 Å². The van der Waals surface area contributed by atoms with Crippen molar-refractivity contribution in [2.75, 3.05) is 13.2 Å². The molecular weight excluding hydrogens is 574 g/mol. The first-order valence-electron chi connectivity index (χ1n) is 13.3. The van der Waals surface area contributed by atoms with E-state index in [0.29, 0.717) is 36.7 Å². The first kappa shape index (κ1) is 27.7. The molecule has 2 aliphatic rings. The van der Waals surface area contributed by atoms with Crippen LogP contribution in [0.25, 0.3) is 10.4 Å². The molecule has 1 amide bonds. The third-order valence-electron chi connectivity index (χ3n) is 7.00. The fourth-order valence-corrected chi connectivity index (χ4v) is 5.20. The van der Waals surface area contributed by atoms with Crippen LogP contribution in [0.4, 0.5) is 0 Å². The number of halogens is 1. The summed E-state index contributed by atoms with van der Waals surface area (Å²) >= 11 is 3.65. The summed E-state index contributed by atoms with van der Waals surface area (Å²) in [6.45, 7) is 0.596. The van der Waals surface area contributed by atoms with Gasteiger partial charge < -0.3 is 19.9 Å². The summed E-state index contributed by atoms with van der Waals surface area (Å²) in [6.07, 6.45) is 1.94. The van der Waals surface area contributed by atoms with Crippen LogP contribution in [0.2, 0.25) is 0 Å². The fourth-order valence-electron chi connectivity index (χ4n) is 4.77. The Balaban J connectivity index is 1.60. The molecule has 1 heterocycles. The van der Waals surface area contributed by atoms with Crippen LogP contribution < -0.4 is 10.1 Å². The molecule has 40 heavy (non-hydrogen) atoms. The van der Waals surface area contributed by atoms with Gasteiger partial charge in [-0.05, 0) is 65.4 Å². The predicted molar refractivity (Wildman–Crippen MR) is 155 cm³/mol. The van der Waals surface area contributed by atoms with Crippen molar-refractivity contribution in [2.45, 2.75) is 49.9 Å². The maximum Gasteiger partial charge on any atom is 0.252 e. The number of nitrogens with one attached hydrogen (secondary N) is 1. The molecule has 1 saturated carbocycles. The lowest BCUT2D eigenvalue weighted by atomic mass is 9.80. The molecule has 1 aliphatic heterocycles. The van der Waals surface area contributed by atoms with Crippen molar-refractivity contribution >= 4 is 27.7 Å². The summed E-state index contributed by atoms with van der Waals surface area (Å²) in [4.78, 5) is 22.2. The van der Waals surface area contributed by atoms with Crippen molar-refractivity contribution in [3.8, 4) is 5.75 Å². The lowest BCUT2D eigenvalue weighted by Crippen LogP contribution is -2.50. The SMILES string of the molecule is [N-]=[N+]=NCc1ccccc1[C@H]1OC(c2ccc(OCCCO)cc2)=N[C@@]1(Cc1ccccc1Br)C(=O)NC1CC1. The third kappa shape index (κ3) is 6.14. The summed E-state index contributed by atoms with van der Waals surface area (Å²) in [6, 6.07) is 22.8.